The zero-order valence-corrected chi connectivity index (χ0v) is 28.5. The zero-order valence-electron chi connectivity index (χ0n) is 25.8. The fourth-order valence-corrected chi connectivity index (χ4v) is 7.01. The van der Waals surface area contributed by atoms with Crippen LogP contribution in [0, 0.1) is 17.2 Å². The van der Waals surface area contributed by atoms with E-state index in [0.29, 0.717) is 11.2 Å². The van der Waals surface area contributed by atoms with E-state index in [1.165, 1.54) is 12.5 Å². The van der Waals surface area contributed by atoms with Crippen LogP contribution in [0.5, 0.6) is 0 Å². The fraction of sp³-hybridized carbons (Fsp3) is 0.520. The number of anilines is 1. The average molecular weight is 745 g/mol. The molecule has 1 amide bonds. The zero-order chi connectivity index (χ0) is 35.3. The van der Waals surface area contributed by atoms with Gasteiger partial charge in [0.15, 0.2) is 29.2 Å². The molecule has 0 bridgehead atoms. The third-order valence-electron chi connectivity index (χ3n) is 7.03. The maximum Gasteiger partial charge on any atom is 0.327 e. The number of hydrogen-bond acceptors (Lipinski definition) is 16. The van der Waals surface area contributed by atoms with Crippen molar-refractivity contribution in [3.8, 4) is 6.07 Å². The standard InChI is InChI=1S/C25H31FN10O10P2S/c1-13(2)22(38)33-25-32-21-18(23(39)34-25)30-12-36(21)24-19(46-47(40)41)17(26)15(45-24)10-44-48(49,42-6-3-4-27)43-7-5-35-16(9-37)31-14-8-28-11-29-20(14)35/h8,11-13,15,17,19,24,37,47H,3,5-7,9-10H2,1-2H3,(H,40,41)(H2,32,33,34,38,39)/t15-,17+,19-,24-,48?/m1/s1. The molecule has 1 aliphatic rings. The number of aromatic amines is 1. The van der Waals surface area contributed by atoms with Gasteiger partial charge in [0, 0.05) is 12.5 Å². The van der Waals surface area contributed by atoms with Gasteiger partial charge in [0.1, 0.15) is 36.5 Å². The topological polar surface area (TPSA) is 264 Å². The Morgan fingerprint density at radius 2 is 2.06 bits per heavy atom. The number of hydrogen-bond donors (Lipinski definition) is 4. The monoisotopic (exact) mass is 744 g/mol. The number of nitriles is 1. The third-order valence-corrected chi connectivity index (χ3v) is 9.91. The summed E-state index contributed by atoms with van der Waals surface area (Å²) >= 11 is 5.54. The van der Waals surface area contributed by atoms with Crippen LogP contribution in [0.2, 0.25) is 0 Å². The highest BCUT2D eigenvalue weighted by Gasteiger charge is 2.49. The second-order valence-corrected chi connectivity index (χ2v) is 14.4. The summed E-state index contributed by atoms with van der Waals surface area (Å²) in [4.78, 5) is 57.5. The molecule has 20 nitrogen and oxygen atoms in total. The number of fused-ring (bicyclic) bond motifs is 2. The number of aromatic nitrogens is 8. The van der Waals surface area contributed by atoms with E-state index in [1.54, 1.807) is 18.4 Å². The molecule has 4 N–H and O–H groups in total. The Morgan fingerprint density at radius 1 is 1.29 bits per heavy atom. The third kappa shape index (κ3) is 8.41. The number of amides is 1. The highest BCUT2D eigenvalue weighted by atomic mass is 32.5. The number of alkyl halides is 1. The molecule has 0 aromatic carbocycles. The Morgan fingerprint density at radius 3 is 2.78 bits per heavy atom. The fourth-order valence-electron chi connectivity index (χ4n) is 4.73. The normalized spacial score (nSPS) is 21.2. The van der Waals surface area contributed by atoms with Gasteiger partial charge in [-0.15, -0.1) is 0 Å². The summed E-state index contributed by atoms with van der Waals surface area (Å²) < 4.78 is 58.5. The van der Waals surface area contributed by atoms with Gasteiger partial charge in [0.2, 0.25) is 11.9 Å². The van der Waals surface area contributed by atoms with Crippen molar-refractivity contribution in [1.82, 2.24) is 39.0 Å². The maximum atomic E-state index is 15.9. The lowest BCUT2D eigenvalue weighted by Crippen LogP contribution is -2.31. The molecule has 1 saturated heterocycles. The quantitative estimate of drug-likeness (QED) is 0.0928. The van der Waals surface area contributed by atoms with Gasteiger partial charge >= 0.3 is 15.0 Å². The summed E-state index contributed by atoms with van der Waals surface area (Å²) in [7, 11) is -3.72. The van der Waals surface area contributed by atoms with Crippen molar-refractivity contribution in [2.24, 2.45) is 5.92 Å². The number of aliphatic hydroxyl groups is 1. The first-order chi connectivity index (χ1) is 23.4. The van der Waals surface area contributed by atoms with E-state index >= 15 is 4.39 Å². The Balaban J connectivity index is 1.35. The maximum absolute atomic E-state index is 15.9. The average Bonchev–Trinajstić information content (AvgIpc) is 3.74. The number of carbonyl (C=O) groups is 1. The van der Waals surface area contributed by atoms with Gasteiger partial charge in [-0.25, -0.2) is 24.3 Å². The van der Waals surface area contributed by atoms with Crippen molar-refractivity contribution >= 4 is 61.0 Å². The van der Waals surface area contributed by atoms with Gasteiger partial charge in [-0.3, -0.25) is 33.5 Å². The van der Waals surface area contributed by atoms with Crippen LogP contribution in [0.25, 0.3) is 22.3 Å². The molecular formula is C25H31FN10O10P2S. The van der Waals surface area contributed by atoms with Gasteiger partial charge in [-0.1, -0.05) is 13.8 Å². The van der Waals surface area contributed by atoms with E-state index in [-0.39, 0.29) is 49.1 Å². The summed E-state index contributed by atoms with van der Waals surface area (Å²) in [6, 6.07) is 1.91. The molecule has 1 fully saturated rings. The highest BCUT2D eigenvalue weighted by Crippen LogP contribution is 2.51. The van der Waals surface area contributed by atoms with Crippen molar-refractivity contribution in [2.75, 3.05) is 25.1 Å². The number of aliphatic hydroxyl groups excluding tert-OH is 1. The minimum atomic E-state index is -3.72. The van der Waals surface area contributed by atoms with E-state index < -0.39 is 70.2 Å². The van der Waals surface area contributed by atoms with Crippen LogP contribution in [-0.2, 0) is 57.1 Å². The molecule has 24 heteroatoms. The number of nitrogens with one attached hydrogen (secondary N) is 2. The summed E-state index contributed by atoms with van der Waals surface area (Å²) in [6.45, 7) is -1.61. The van der Waals surface area contributed by atoms with Gasteiger partial charge in [0.25, 0.3) is 5.56 Å². The number of H-pyrrole nitrogens is 1. The molecule has 264 valence electrons. The SMILES string of the molecule is CC(C)C(=O)Nc1nc2c(ncn2[C@@H]2O[C@H](COP(=S)(OCCC#N)OCCn3c(CO)nc4cncnc43)[C@H](F)[C@H]2O[PH](=O)O)c(=O)[nH]1. The summed E-state index contributed by atoms with van der Waals surface area (Å²) in [5.41, 5.74) is -0.174. The summed E-state index contributed by atoms with van der Waals surface area (Å²) in [5.74, 6) is -0.808. The molecule has 0 spiro atoms. The van der Waals surface area contributed by atoms with Crippen LogP contribution < -0.4 is 10.9 Å². The van der Waals surface area contributed by atoms with E-state index in [4.69, 9.17) is 39.9 Å². The van der Waals surface area contributed by atoms with Crippen molar-refractivity contribution in [2.45, 2.75) is 58.0 Å². The molecule has 0 saturated carbocycles. The summed E-state index contributed by atoms with van der Waals surface area (Å²) in [6.07, 6.45) is -2.90. The minimum absolute atomic E-state index is 0.0588. The Hall–Kier alpha value is -3.61. The highest BCUT2D eigenvalue weighted by molar-refractivity contribution is 8.07. The van der Waals surface area contributed by atoms with Gasteiger partial charge in [-0.05, 0) is 11.8 Å². The van der Waals surface area contributed by atoms with E-state index in [9.17, 15) is 24.2 Å². The first-order valence-corrected chi connectivity index (χ1v) is 18.4. The predicted octanol–water partition coefficient (Wildman–Crippen LogP) is 1.24. The van der Waals surface area contributed by atoms with Crippen LogP contribution in [-0.4, -0.2) is 93.1 Å². The van der Waals surface area contributed by atoms with Crippen LogP contribution in [0.1, 0.15) is 32.3 Å². The van der Waals surface area contributed by atoms with Crippen LogP contribution in [0.3, 0.4) is 0 Å². The smallest absolute Gasteiger partial charge is 0.327 e. The molecule has 5 rings (SSSR count). The molecule has 4 aromatic heterocycles. The molecule has 49 heavy (non-hydrogen) atoms. The van der Waals surface area contributed by atoms with E-state index in [0.717, 1.165) is 10.9 Å². The molecular weight excluding hydrogens is 713 g/mol. The van der Waals surface area contributed by atoms with Crippen molar-refractivity contribution < 1.29 is 46.6 Å². The Labute approximate surface area is 281 Å². The van der Waals surface area contributed by atoms with Crippen molar-refractivity contribution in [3.63, 3.8) is 0 Å². The van der Waals surface area contributed by atoms with E-state index in [2.05, 4.69) is 35.2 Å². The second-order valence-electron chi connectivity index (χ2n) is 10.6. The van der Waals surface area contributed by atoms with E-state index in [1.807, 2.05) is 6.07 Å². The molecule has 2 unspecified atom stereocenters. The lowest BCUT2D eigenvalue weighted by Gasteiger charge is -2.24. The number of rotatable bonds is 16. The molecule has 1 aliphatic heterocycles. The van der Waals surface area contributed by atoms with Gasteiger partial charge in [0.05, 0.1) is 44.8 Å². The number of imidazole rings is 2. The van der Waals surface area contributed by atoms with Crippen molar-refractivity contribution in [1.29, 1.82) is 5.26 Å². The largest absolute Gasteiger partial charge is 0.388 e. The molecule has 0 radical (unpaired) electrons. The first-order valence-electron chi connectivity index (χ1n) is 14.6. The molecule has 0 aliphatic carbocycles. The first kappa shape index (κ1) is 36.7. The number of halogens is 1. The van der Waals surface area contributed by atoms with Crippen LogP contribution in [0.15, 0.2) is 23.6 Å². The Bertz CT molecular complexity index is 1990. The predicted molar refractivity (Wildman–Crippen MR) is 170 cm³/mol. The van der Waals surface area contributed by atoms with Gasteiger partial charge in [-0.2, -0.15) is 10.2 Å². The van der Waals surface area contributed by atoms with Crippen LogP contribution in [0.4, 0.5) is 10.3 Å². The van der Waals surface area contributed by atoms with Gasteiger partial charge < -0.3 is 32.9 Å². The van der Waals surface area contributed by atoms with Crippen molar-refractivity contribution in [3.05, 3.63) is 35.0 Å². The number of nitrogens with zero attached hydrogens (tertiary/aromatic N) is 8. The molecule has 5 heterocycles. The summed E-state index contributed by atoms with van der Waals surface area (Å²) in [5, 5.41) is 21.2. The number of carbonyl (C=O) groups excluding carboxylic acids is 1. The molecule has 6 atom stereocenters. The lowest BCUT2D eigenvalue weighted by atomic mass is 10.1. The minimum Gasteiger partial charge on any atom is -0.388 e. The Kier molecular flexibility index (Phi) is 11.9. The number of ether oxygens (including phenoxy) is 1. The van der Waals surface area contributed by atoms with Crippen LogP contribution >= 0.6 is 15.0 Å². The second kappa shape index (κ2) is 15.9. The lowest BCUT2D eigenvalue weighted by molar-refractivity contribution is -0.118. The molecule has 4 aromatic rings.